The van der Waals surface area contributed by atoms with Gasteiger partial charge in [-0.25, -0.2) is 14.8 Å². The average molecular weight is 363 g/mol. The van der Waals surface area contributed by atoms with E-state index in [0.29, 0.717) is 5.69 Å². The highest BCUT2D eigenvalue weighted by molar-refractivity contribution is 7.21. The second-order valence-electron chi connectivity index (χ2n) is 5.62. The van der Waals surface area contributed by atoms with Gasteiger partial charge in [-0.05, 0) is 36.8 Å². The van der Waals surface area contributed by atoms with E-state index in [1.165, 1.54) is 23.5 Å². The maximum absolute atomic E-state index is 12.4. The van der Waals surface area contributed by atoms with Crippen molar-refractivity contribution in [3.63, 3.8) is 0 Å². The highest BCUT2D eigenvalue weighted by Crippen LogP contribution is 2.33. The summed E-state index contributed by atoms with van der Waals surface area (Å²) in [4.78, 5) is 33.2. The van der Waals surface area contributed by atoms with Crippen LogP contribution in [0.1, 0.15) is 15.9 Å². The normalized spacial score (nSPS) is 10.8. The van der Waals surface area contributed by atoms with Gasteiger partial charge in [-0.3, -0.25) is 4.79 Å². The molecule has 0 bridgehead atoms. The van der Waals surface area contributed by atoms with Crippen LogP contribution in [0.3, 0.4) is 0 Å². The number of nitrogens with one attached hydrogen (secondary N) is 1. The summed E-state index contributed by atoms with van der Waals surface area (Å²) in [6, 6.07) is 12.1. The molecule has 7 heteroatoms. The molecule has 128 valence electrons. The minimum Gasteiger partial charge on any atom is -0.430 e. The predicted molar refractivity (Wildman–Crippen MR) is 101 cm³/mol. The first kappa shape index (κ1) is 16.2. The molecule has 0 spiro atoms. The molecule has 0 fully saturated rings. The monoisotopic (exact) mass is 363 g/mol. The number of aromatic nitrogens is 2. The Morgan fingerprint density at radius 2 is 2.04 bits per heavy atom. The molecule has 0 aliphatic rings. The van der Waals surface area contributed by atoms with Gasteiger partial charge in [0.25, 0.3) is 5.91 Å². The number of thiazole rings is 1. The molecule has 0 saturated heterocycles. The topological polar surface area (TPSA) is 85.1 Å². The van der Waals surface area contributed by atoms with E-state index in [0.717, 1.165) is 32.7 Å². The van der Waals surface area contributed by atoms with Gasteiger partial charge in [0.05, 0.1) is 5.56 Å². The van der Waals surface area contributed by atoms with E-state index in [2.05, 4.69) is 15.3 Å². The van der Waals surface area contributed by atoms with E-state index in [1.807, 2.05) is 37.3 Å². The highest BCUT2D eigenvalue weighted by Gasteiger charge is 2.14. The number of pyridine rings is 1. The van der Waals surface area contributed by atoms with Crippen LogP contribution in [-0.2, 0) is 0 Å². The second-order valence-corrected chi connectivity index (χ2v) is 6.60. The Bertz CT molecular complexity index is 1130. The first-order valence-electron chi connectivity index (χ1n) is 7.83. The molecule has 0 aliphatic carbocycles. The summed E-state index contributed by atoms with van der Waals surface area (Å²) in [6.45, 7) is 1.93. The van der Waals surface area contributed by atoms with Crippen molar-refractivity contribution in [3.05, 3.63) is 76.5 Å². The highest BCUT2D eigenvalue weighted by atomic mass is 32.1. The Morgan fingerprint density at radius 3 is 2.81 bits per heavy atom. The van der Waals surface area contributed by atoms with Crippen molar-refractivity contribution in [1.29, 1.82) is 0 Å². The van der Waals surface area contributed by atoms with Gasteiger partial charge in [-0.1, -0.05) is 23.5 Å². The van der Waals surface area contributed by atoms with Gasteiger partial charge in [0.2, 0.25) is 0 Å². The maximum Gasteiger partial charge on any atom is 0.335 e. The first-order chi connectivity index (χ1) is 12.6. The molecule has 0 atom stereocenters. The summed E-state index contributed by atoms with van der Waals surface area (Å²) in [5.74, 6) is -0.347. The average Bonchev–Trinajstić information content (AvgIpc) is 3.08. The number of fused-ring (bicyclic) bond motifs is 1. The number of anilines is 1. The number of amides is 1. The molecule has 1 amide bonds. The second kappa shape index (κ2) is 6.53. The van der Waals surface area contributed by atoms with E-state index in [1.54, 1.807) is 6.20 Å². The van der Waals surface area contributed by atoms with Crippen LogP contribution >= 0.6 is 11.3 Å². The summed E-state index contributed by atoms with van der Waals surface area (Å²) in [5, 5.41) is 3.70. The molecule has 0 aliphatic heterocycles. The van der Waals surface area contributed by atoms with Crippen LogP contribution in [0.25, 0.3) is 20.9 Å². The van der Waals surface area contributed by atoms with Gasteiger partial charge in [-0.2, -0.15) is 0 Å². The number of carbonyl (C=O) groups excluding carboxylic acids is 1. The zero-order valence-corrected chi connectivity index (χ0v) is 14.5. The Hall–Kier alpha value is -3.32. The number of nitrogens with zero attached hydrogens (tertiary/aromatic N) is 2. The first-order valence-corrected chi connectivity index (χ1v) is 8.65. The van der Waals surface area contributed by atoms with Crippen LogP contribution in [0.4, 0.5) is 5.69 Å². The van der Waals surface area contributed by atoms with E-state index >= 15 is 0 Å². The SMILES string of the molecule is Cc1c(NC(=O)c2ccc(=O)oc2)cccc1-c1nc2cccnc2s1. The summed E-state index contributed by atoms with van der Waals surface area (Å²) in [5.41, 5.74) is 3.14. The van der Waals surface area contributed by atoms with Crippen LogP contribution < -0.4 is 10.9 Å². The van der Waals surface area contributed by atoms with E-state index in [9.17, 15) is 9.59 Å². The summed E-state index contributed by atoms with van der Waals surface area (Å²) < 4.78 is 4.74. The fourth-order valence-corrected chi connectivity index (χ4v) is 3.56. The molecular weight excluding hydrogens is 350 g/mol. The molecule has 0 radical (unpaired) electrons. The standard InChI is InChI=1S/C19H13N3O3S/c1-11-13(18-22-15-6-3-9-20-19(15)26-18)4-2-5-14(11)21-17(24)12-7-8-16(23)25-10-12/h2-10H,1H3,(H,21,24). The molecule has 4 rings (SSSR count). The molecule has 0 unspecified atom stereocenters. The van der Waals surface area contributed by atoms with Crippen molar-refractivity contribution in [2.45, 2.75) is 6.92 Å². The van der Waals surface area contributed by atoms with Gasteiger partial charge >= 0.3 is 5.63 Å². The lowest BCUT2D eigenvalue weighted by Gasteiger charge is -2.11. The number of hydrogen-bond donors (Lipinski definition) is 1. The third kappa shape index (κ3) is 3.00. The Morgan fingerprint density at radius 1 is 1.15 bits per heavy atom. The third-order valence-electron chi connectivity index (χ3n) is 3.94. The number of benzene rings is 1. The lowest BCUT2D eigenvalue weighted by Crippen LogP contribution is -2.14. The van der Waals surface area contributed by atoms with Crippen molar-refractivity contribution in [3.8, 4) is 10.6 Å². The fourth-order valence-electron chi connectivity index (χ4n) is 2.57. The van der Waals surface area contributed by atoms with Crippen molar-refractivity contribution >= 4 is 33.3 Å². The molecule has 3 heterocycles. The van der Waals surface area contributed by atoms with Crippen LogP contribution in [0.15, 0.2) is 64.1 Å². The molecule has 1 N–H and O–H groups in total. The minimum atomic E-state index is -0.496. The smallest absolute Gasteiger partial charge is 0.335 e. The van der Waals surface area contributed by atoms with Gasteiger partial charge in [0.15, 0.2) is 0 Å². The van der Waals surface area contributed by atoms with Crippen LogP contribution in [0.5, 0.6) is 0 Å². The van der Waals surface area contributed by atoms with Crippen molar-refractivity contribution in [2.24, 2.45) is 0 Å². The van der Waals surface area contributed by atoms with E-state index in [-0.39, 0.29) is 11.5 Å². The molecule has 6 nitrogen and oxygen atoms in total. The zero-order valence-electron chi connectivity index (χ0n) is 13.7. The number of carbonyl (C=O) groups is 1. The van der Waals surface area contributed by atoms with Crippen molar-refractivity contribution < 1.29 is 9.21 Å². The van der Waals surface area contributed by atoms with Crippen LogP contribution in [-0.4, -0.2) is 15.9 Å². The third-order valence-corrected chi connectivity index (χ3v) is 4.95. The molecule has 0 saturated carbocycles. The van der Waals surface area contributed by atoms with Crippen LogP contribution in [0, 0.1) is 6.92 Å². The predicted octanol–water partition coefficient (Wildman–Crippen LogP) is 3.87. The summed E-state index contributed by atoms with van der Waals surface area (Å²) in [7, 11) is 0. The van der Waals surface area contributed by atoms with E-state index in [4.69, 9.17) is 4.42 Å². The molecule has 26 heavy (non-hydrogen) atoms. The Kier molecular flexibility index (Phi) is 4.06. The fraction of sp³-hybridized carbons (Fsp3) is 0.0526. The largest absolute Gasteiger partial charge is 0.430 e. The summed E-state index contributed by atoms with van der Waals surface area (Å²) in [6.07, 6.45) is 2.89. The number of hydrogen-bond acceptors (Lipinski definition) is 6. The molecule has 4 aromatic rings. The molecule has 3 aromatic heterocycles. The number of rotatable bonds is 3. The van der Waals surface area contributed by atoms with E-state index < -0.39 is 5.63 Å². The summed E-state index contributed by atoms with van der Waals surface area (Å²) >= 11 is 1.51. The lowest BCUT2D eigenvalue weighted by molar-refractivity contribution is 0.102. The Labute approximate surface area is 152 Å². The van der Waals surface area contributed by atoms with Gasteiger partial charge in [0.1, 0.15) is 21.6 Å². The quantitative estimate of drug-likeness (QED) is 0.597. The zero-order chi connectivity index (χ0) is 18.1. The molecule has 1 aromatic carbocycles. The van der Waals surface area contributed by atoms with Crippen LogP contribution in [0.2, 0.25) is 0 Å². The lowest BCUT2D eigenvalue weighted by atomic mass is 10.1. The van der Waals surface area contributed by atoms with Gasteiger partial charge < -0.3 is 9.73 Å². The maximum atomic E-state index is 12.4. The van der Waals surface area contributed by atoms with Crippen molar-refractivity contribution in [1.82, 2.24) is 9.97 Å². The molecular formula is C19H13N3O3S. The van der Waals surface area contributed by atoms with Crippen molar-refractivity contribution in [2.75, 3.05) is 5.32 Å². The van der Waals surface area contributed by atoms with Gasteiger partial charge in [-0.15, -0.1) is 0 Å². The Balaban J connectivity index is 1.68. The minimum absolute atomic E-state index is 0.276. The van der Waals surface area contributed by atoms with Gasteiger partial charge in [0, 0.05) is 23.5 Å².